The summed E-state index contributed by atoms with van der Waals surface area (Å²) in [4.78, 5) is 9.35. The van der Waals surface area contributed by atoms with Crippen LogP contribution in [0, 0.1) is 26.6 Å². The first-order valence-electron chi connectivity index (χ1n) is 9.23. The molecule has 2 heterocycles. The lowest BCUT2D eigenvalue weighted by Gasteiger charge is -2.11. The predicted octanol–water partition coefficient (Wildman–Crippen LogP) is 4.78. The Morgan fingerprint density at radius 3 is 2.04 bits per heavy atom. The maximum atomic E-state index is 13.8. The molecule has 2 aliphatic heterocycles. The van der Waals surface area contributed by atoms with E-state index in [1.807, 2.05) is 6.07 Å². The Hall–Kier alpha value is -2.69. The van der Waals surface area contributed by atoms with Crippen LogP contribution in [0.2, 0.25) is 0 Å². The van der Waals surface area contributed by atoms with Crippen LogP contribution in [0.15, 0.2) is 46.4 Å². The highest BCUT2D eigenvalue weighted by Gasteiger charge is 2.27. The molecule has 0 unspecified atom stereocenters. The molecule has 2 aromatic carbocycles. The van der Waals surface area contributed by atoms with Crippen molar-refractivity contribution in [2.45, 2.75) is 39.3 Å². The van der Waals surface area contributed by atoms with Crippen LogP contribution < -0.4 is 0 Å². The molecule has 140 valence electrons. The zero-order valence-electron chi connectivity index (χ0n) is 15.8. The second-order valence-electron chi connectivity index (χ2n) is 7.12. The van der Waals surface area contributed by atoms with Crippen LogP contribution in [0.1, 0.15) is 46.3 Å². The summed E-state index contributed by atoms with van der Waals surface area (Å²) in [6.07, 6.45) is 0.437. The van der Waals surface area contributed by atoms with Crippen molar-refractivity contribution < 1.29 is 13.9 Å². The molecule has 0 bridgehead atoms. The van der Waals surface area contributed by atoms with Gasteiger partial charge in [0.2, 0.25) is 0 Å². The van der Waals surface area contributed by atoms with Crippen LogP contribution in [0.3, 0.4) is 0 Å². The molecule has 0 radical (unpaired) electrons. The van der Waals surface area contributed by atoms with Crippen LogP contribution in [-0.2, 0) is 9.47 Å². The average Bonchev–Trinajstić information content (AvgIpc) is 3.30. The average molecular weight is 366 g/mol. The number of hydrogen-bond acceptors (Lipinski definition) is 4. The van der Waals surface area contributed by atoms with E-state index in [1.165, 1.54) is 22.8 Å². The Morgan fingerprint density at radius 1 is 0.852 bits per heavy atom. The highest BCUT2D eigenvalue weighted by molar-refractivity contribution is 5.98. The van der Waals surface area contributed by atoms with Gasteiger partial charge in [-0.3, -0.25) is 0 Å². The fourth-order valence-corrected chi connectivity index (χ4v) is 3.61. The van der Waals surface area contributed by atoms with Crippen molar-refractivity contribution in [3.8, 4) is 0 Å². The van der Waals surface area contributed by atoms with Gasteiger partial charge in [-0.1, -0.05) is 30.3 Å². The van der Waals surface area contributed by atoms with Gasteiger partial charge in [0.05, 0.1) is 6.42 Å². The van der Waals surface area contributed by atoms with E-state index in [2.05, 4.69) is 37.0 Å². The Balaban J connectivity index is 1.48. The fraction of sp³-hybridized carbons (Fsp3) is 0.364. The first-order valence-corrected chi connectivity index (χ1v) is 9.23. The monoisotopic (exact) mass is 366 g/mol. The molecule has 0 saturated carbocycles. The lowest BCUT2D eigenvalue weighted by Crippen LogP contribution is -2.08. The molecule has 27 heavy (non-hydrogen) atoms. The van der Waals surface area contributed by atoms with Crippen molar-refractivity contribution in [2.24, 2.45) is 9.98 Å². The van der Waals surface area contributed by atoms with Crippen molar-refractivity contribution in [2.75, 3.05) is 13.2 Å². The summed E-state index contributed by atoms with van der Waals surface area (Å²) in [7, 11) is 0. The lowest BCUT2D eigenvalue weighted by atomic mass is 9.98. The molecule has 2 aromatic rings. The summed E-state index contributed by atoms with van der Waals surface area (Å²) >= 11 is 0. The minimum Gasteiger partial charge on any atom is -0.478 e. The number of nitrogens with zero attached hydrogens (tertiary/aromatic N) is 2. The molecule has 0 aliphatic carbocycles. The Labute approximate surface area is 158 Å². The second-order valence-corrected chi connectivity index (χ2v) is 7.12. The highest BCUT2D eigenvalue weighted by Crippen LogP contribution is 2.30. The summed E-state index contributed by atoms with van der Waals surface area (Å²) in [5.74, 6) is 1.04. The molecule has 2 atom stereocenters. The van der Waals surface area contributed by atoms with Gasteiger partial charge in [-0.2, -0.15) is 0 Å². The Kier molecular flexibility index (Phi) is 4.68. The third-order valence-electron chi connectivity index (χ3n) is 5.39. The van der Waals surface area contributed by atoms with Gasteiger partial charge in [0.15, 0.2) is 11.8 Å². The molecule has 0 N–H and O–H groups in total. The predicted molar refractivity (Wildman–Crippen MR) is 104 cm³/mol. The van der Waals surface area contributed by atoms with E-state index in [1.54, 1.807) is 13.0 Å². The van der Waals surface area contributed by atoms with E-state index in [0.29, 0.717) is 37.0 Å². The smallest absolute Gasteiger partial charge is 0.193 e. The van der Waals surface area contributed by atoms with Crippen molar-refractivity contribution in [1.29, 1.82) is 0 Å². The van der Waals surface area contributed by atoms with E-state index in [4.69, 9.17) is 14.5 Å². The molecule has 0 amide bonds. The van der Waals surface area contributed by atoms with E-state index in [0.717, 1.165) is 5.56 Å². The molecule has 0 aromatic heterocycles. The Morgan fingerprint density at radius 2 is 1.41 bits per heavy atom. The minimum atomic E-state index is -0.212. The largest absolute Gasteiger partial charge is 0.478 e. The third-order valence-corrected chi connectivity index (χ3v) is 5.39. The summed E-state index contributed by atoms with van der Waals surface area (Å²) in [6, 6.07) is 11.2. The van der Waals surface area contributed by atoms with Gasteiger partial charge in [0.1, 0.15) is 31.1 Å². The maximum absolute atomic E-state index is 13.8. The molecular weight excluding hydrogens is 343 g/mol. The summed E-state index contributed by atoms with van der Waals surface area (Å²) in [6.45, 7) is 6.97. The number of aryl methyl sites for hydroxylation is 1. The molecule has 4 rings (SSSR count). The zero-order chi connectivity index (χ0) is 19.0. The molecule has 2 aliphatic rings. The normalized spacial score (nSPS) is 21.5. The van der Waals surface area contributed by atoms with Crippen LogP contribution in [0.25, 0.3) is 0 Å². The van der Waals surface area contributed by atoms with Crippen molar-refractivity contribution in [3.63, 3.8) is 0 Å². The molecular formula is C22H23FN2O2. The van der Waals surface area contributed by atoms with Crippen molar-refractivity contribution in [1.82, 2.24) is 0 Å². The molecule has 4 nitrogen and oxygen atoms in total. The summed E-state index contributed by atoms with van der Waals surface area (Å²) < 4.78 is 25.3. The summed E-state index contributed by atoms with van der Waals surface area (Å²) in [5.41, 5.74) is 5.21. The van der Waals surface area contributed by atoms with E-state index >= 15 is 0 Å². The van der Waals surface area contributed by atoms with Crippen LogP contribution >= 0.6 is 0 Å². The molecule has 0 fully saturated rings. The zero-order valence-corrected chi connectivity index (χ0v) is 15.8. The van der Waals surface area contributed by atoms with Gasteiger partial charge >= 0.3 is 0 Å². The number of halogens is 1. The number of ether oxygens (including phenoxy) is 2. The van der Waals surface area contributed by atoms with Gasteiger partial charge < -0.3 is 9.47 Å². The molecule has 5 heteroatoms. The lowest BCUT2D eigenvalue weighted by molar-refractivity contribution is 0.299. The van der Waals surface area contributed by atoms with Gasteiger partial charge in [-0.05, 0) is 54.7 Å². The standard InChI is InChI=1S/C22H23FN2O2/c1-13-6-4-7-16(14(13)2)19-11-26-21(24-19)10-22-25-20(12-27-22)17-8-5-9-18(23)15(17)3/h4-9,19-20H,10-12H2,1-3H3/t19-,20-/m1/s1. The number of rotatable bonds is 4. The third kappa shape index (κ3) is 3.46. The summed E-state index contributed by atoms with van der Waals surface area (Å²) in [5, 5.41) is 0. The number of aliphatic imine (C=N–C) groups is 2. The maximum Gasteiger partial charge on any atom is 0.193 e. The minimum absolute atomic E-state index is 0.0168. The molecule has 0 saturated heterocycles. The highest BCUT2D eigenvalue weighted by atomic mass is 19.1. The van der Waals surface area contributed by atoms with E-state index in [-0.39, 0.29) is 17.9 Å². The molecule has 0 spiro atoms. The first kappa shape index (κ1) is 17.7. The van der Waals surface area contributed by atoms with Gasteiger partial charge in [0.25, 0.3) is 0 Å². The number of hydrogen-bond donors (Lipinski definition) is 0. The number of benzene rings is 2. The van der Waals surface area contributed by atoms with Crippen LogP contribution in [-0.4, -0.2) is 25.0 Å². The topological polar surface area (TPSA) is 43.2 Å². The SMILES string of the molecule is Cc1cccc([C@H]2COC(CC3=N[C@@H](c4cccc(F)c4C)CO3)=N2)c1C. The van der Waals surface area contributed by atoms with Crippen LogP contribution in [0.4, 0.5) is 4.39 Å². The van der Waals surface area contributed by atoms with Gasteiger partial charge in [0, 0.05) is 0 Å². The second kappa shape index (κ2) is 7.14. The fourth-order valence-electron chi connectivity index (χ4n) is 3.61. The van der Waals surface area contributed by atoms with Crippen molar-refractivity contribution >= 4 is 11.8 Å². The van der Waals surface area contributed by atoms with Gasteiger partial charge in [-0.15, -0.1) is 0 Å². The van der Waals surface area contributed by atoms with E-state index in [9.17, 15) is 4.39 Å². The van der Waals surface area contributed by atoms with Crippen LogP contribution in [0.5, 0.6) is 0 Å². The van der Waals surface area contributed by atoms with Crippen molar-refractivity contribution in [3.05, 3.63) is 70.0 Å². The van der Waals surface area contributed by atoms with E-state index < -0.39 is 0 Å². The Bertz CT molecular complexity index is 860. The quantitative estimate of drug-likeness (QED) is 0.781. The van der Waals surface area contributed by atoms with Gasteiger partial charge in [-0.25, -0.2) is 14.4 Å². The first-order chi connectivity index (χ1) is 13.0.